The van der Waals surface area contributed by atoms with Crippen LogP contribution in [-0.2, 0) is 11.2 Å². The van der Waals surface area contributed by atoms with Gasteiger partial charge >= 0.3 is 6.09 Å². The highest BCUT2D eigenvalue weighted by molar-refractivity contribution is 6.01. The standard InChI is InChI=1S/C13H15N5O3/c1-3-10-16-11(18-17-10)12(19)14-8-5-4-6-9(7-8)15-13(20)21-2/h4-7H,3H2,1-2H3,(H,14,19)(H,15,20)(H,16,17,18). The Balaban J connectivity index is 2.06. The van der Waals surface area contributed by atoms with E-state index in [1.807, 2.05) is 6.92 Å². The maximum absolute atomic E-state index is 12.0. The summed E-state index contributed by atoms with van der Waals surface area (Å²) in [6, 6.07) is 6.65. The number of amides is 2. The van der Waals surface area contributed by atoms with E-state index < -0.39 is 12.0 Å². The van der Waals surface area contributed by atoms with Crippen molar-refractivity contribution in [1.82, 2.24) is 15.2 Å². The molecule has 2 aromatic rings. The molecule has 1 heterocycles. The second-order valence-corrected chi connectivity index (χ2v) is 4.11. The molecule has 21 heavy (non-hydrogen) atoms. The molecule has 3 N–H and O–H groups in total. The van der Waals surface area contributed by atoms with E-state index in [0.29, 0.717) is 23.6 Å². The van der Waals surface area contributed by atoms with Crippen molar-refractivity contribution in [2.45, 2.75) is 13.3 Å². The maximum Gasteiger partial charge on any atom is 0.411 e. The number of rotatable bonds is 4. The number of anilines is 2. The molecule has 1 aromatic heterocycles. The quantitative estimate of drug-likeness (QED) is 0.795. The minimum absolute atomic E-state index is 0.0678. The highest BCUT2D eigenvalue weighted by atomic mass is 16.5. The second kappa shape index (κ2) is 6.51. The Labute approximate surface area is 120 Å². The fraction of sp³-hybridized carbons (Fsp3) is 0.231. The minimum Gasteiger partial charge on any atom is -0.453 e. The van der Waals surface area contributed by atoms with Crippen LogP contribution in [0.15, 0.2) is 24.3 Å². The third-order valence-electron chi connectivity index (χ3n) is 2.62. The molecule has 8 nitrogen and oxygen atoms in total. The van der Waals surface area contributed by atoms with E-state index in [-0.39, 0.29) is 5.82 Å². The number of hydrogen-bond acceptors (Lipinski definition) is 5. The topological polar surface area (TPSA) is 109 Å². The number of aromatic nitrogens is 3. The summed E-state index contributed by atoms with van der Waals surface area (Å²) in [5.41, 5.74) is 1.01. The van der Waals surface area contributed by atoms with Gasteiger partial charge in [-0.2, -0.15) is 0 Å². The summed E-state index contributed by atoms with van der Waals surface area (Å²) in [6.45, 7) is 1.91. The lowest BCUT2D eigenvalue weighted by molar-refractivity contribution is 0.101. The van der Waals surface area contributed by atoms with Crippen LogP contribution in [0.25, 0.3) is 0 Å². The van der Waals surface area contributed by atoms with Crippen molar-refractivity contribution < 1.29 is 14.3 Å². The molecule has 110 valence electrons. The van der Waals surface area contributed by atoms with Crippen molar-refractivity contribution in [2.75, 3.05) is 17.7 Å². The van der Waals surface area contributed by atoms with Gasteiger partial charge in [-0.15, -0.1) is 5.10 Å². The molecule has 0 spiro atoms. The third kappa shape index (κ3) is 3.78. The second-order valence-electron chi connectivity index (χ2n) is 4.11. The lowest BCUT2D eigenvalue weighted by Gasteiger charge is -2.06. The Morgan fingerprint density at radius 3 is 2.62 bits per heavy atom. The normalized spacial score (nSPS) is 10.0. The highest BCUT2D eigenvalue weighted by Crippen LogP contribution is 2.15. The summed E-state index contributed by atoms with van der Waals surface area (Å²) in [5.74, 6) is 0.278. The van der Waals surface area contributed by atoms with Crippen LogP contribution in [-0.4, -0.2) is 34.3 Å². The minimum atomic E-state index is -0.583. The van der Waals surface area contributed by atoms with E-state index in [1.54, 1.807) is 24.3 Å². The number of H-pyrrole nitrogens is 1. The molecule has 2 rings (SSSR count). The Morgan fingerprint density at radius 2 is 2.00 bits per heavy atom. The summed E-state index contributed by atoms with van der Waals surface area (Å²) in [6.07, 6.45) is 0.0822. The predicted molar refractivity (Wildman–Crippen MR) is 76.2 cm³/mol. The van der Waals surface area contributed by atoms with E-state index in [1.165, 1.54) is 7.11 Å². The molecular weight excluding hydrogens is 274 g/mol. The lowest BCUT2D eigenvalue weighted by atomic mass is 10.2. The number of hydrogen-bond donors (Lipinski definition) is 3. The zero-order valence-corrected chi connectivity index (χ0v) is 11.6. The summed E-state index contributed by atoms with van der Waals surface area (Å²) in [5, 5.41) is 11.7. The molecule has 8 heteroatoms. The zero-order chi connectivity index (χ0) is 15.2. The van der Waals surface area contributed by atoms with Crippen molar-refractivity contribution in [1.29, 1.82) is 0 Å². The Bertz CT molecular complexity index is 653. The van der Waals surface area contributed by atoms with Crippen molar-refractivity contribution in [3.05, 3.63) is 35.9 Å². The fourth-order valence-corrected chi connectivity index (χ4v) is 1.59. The number of carbonyl (C=O) groups excluding carboxylic acids is 2. The smallest absolute Gasteiger partial charge is 0.411 e. The first kappa shape index (κ1) is 14.5. The van der Waals surface area contributed by atoms with Gasteiger partial charge in [0.2, 0.25) is 5.82 Å². The Morgan fingerprint density at radius 1 is 1.29 bits per heavy atom. The molecule has 0 aliphatic carbocycles. The number of nitrogens with one attached hydrogen (secondary N) is 3. The van der Waals surface area contributed by atoms with Crippen molar-refractivity contribution >= 4 is 23.4 Å². The first-order valence-electron chi connectivity index (χ1n) is 6.30. The summed E-state index contributed by atoms with van der Waals surface area (Å²) in [7, 11) is 1.27. The molecule has 2 amide bonds. The van der Waals surface area contributed by atoms with E-state index in [9.17, 15) is 9.59 Å². The SMILES string of the molecule is CCc1nc(C(=O)Nc2cccc(NC(=O)OC)c2)n[nH]1. The van der Waals surface area contributed by atoms with Gasteiger partial charge in [-0.3, -0.25) is 15.2 Å². The van der Waals surface area contributed by atoms with E-state index in [4.69, 9.17) is 0 Å². The van der Waals surface area contributed by atoms with E-state index in [2.05, 4.69) is 30.6 Å². The Hall–Kier alpha value is -2.90. The average molecular weight is 289 g/mol. The van der Waals surface area contributed by atoms with Crippen LogP contribution in [0.5, 0.6) is 0 Å². The van der Waals surface area contributed by atoms with E-state index >= 15 is 0 Å². The molecular formula is C13H15N5O3. The first-order valence-corrected chi connectivity index (χ1v) is 6.30. The first-order chi connectivity index (χ1) is 10.1. The zero-order valence-electron chi connectivity index (χ0n) is 11.6. The van der Waals surface area contributed by atoms with E-state index in [0.717, 1.165) is 0 Å². The van der Waals surface area contributed by atoms with Crippen molar-refractivity contribution in [2.24, 2.45) is 0 Å². The molecule has 0 atom stereocenters. The van der Waals surface area contributed by atoms with Crippen LogP contribution < -0.4 is 10.6 Å². The molecule has 0 aliphatic rings. The van der Waals surface area contributed by atoms with Crippen molar-refractivity contribution in [3.63, 3.8) is 0 Å². The number of carbonyl (C=O) groups is 2. The molecule has 0 aliphatic heterocycles. The van der Waals surface area contributed by atoms with Crippen LogP contribution in [0.3, 0.4) is 0 Å². The van der Waals surface area contributed by atoms with Gasteiger partial charge in [0, 0.05) is 17.8 Å². The molecule has 0 saturated heterocycles. The summed E-state index contributed by atoms with van der Waals surface area (Å²) < 4.78 is 4.50. The van der Waals surface area contributed by atoms with Gasteiger partial charge in [-0.1, -0.05) is 13.0 Å². The predicted octanol–water partition coefficient (Wildman–Crippen LogP) is 1.80. The maximum atomic E-state index is 12.0. The Kier molecular flexibility index (Phi) is 4.50. The van der Waals surface area contributed by atoms with Crippen LogP contribution in [0.4, 0.5) is 16.2 Å². The summed E-state index contributed by atoms with van der Waals surface area (Å²) >= 11 is 0. The molecule has 0 fully saturated rings. The highest BCUT2D eigenvalue weighted by Gasteiger charge is 2.12. The number of nitrogens with zero attached hydrogens (tertiary/aromatic N) is 2. The van der Waals surface area contributed by atoms with Gasteiger partial charge in [-0.25, -0.2) is 9.78 Å². The number of ether oxygens (including phenoxy) is 1. The lowest BCUT2D eigenvalue weighted by Crippen LogP contribution is -2.15. The van der Waals surface area contributed by atoms with Gasteiger partial charge in [-0.05, 0) is 18.2 Å². The van der Waals surface area contributed by atoms with Crippen LogP contribution in [0.2, 0.25) is 0 Å². The third-order valence-corrected chi connectivity index (χ3v) is 2.62. The van der Waals surface area contributed by atoms with Gasteiger partial charge < -0.3 is 10.1 Å². The molecule has 0 saturated carbocycles. The fourth-order valence-electron chi connectivity index (χ4n) is 1.59. The van der Waals surface area contributed by atoms with Crippen molar-refractivity contribution in [3.8, 4) is 0 Å². The molecule has 0 bridgehead atoms. The van der Waals surface area contributed by atoms with Crippen LogP contribution >= 0.6 is 0 Å². The van der Waals surface area contributed by atoms with Gasteiger partial charge in [0.15, 0.2) is 0 Å². The molecule has 1 aromatic carbocycles. The van der Waals surface area contributed by atoms with Crippen LogP contribution in [0, 0.1) is 0 Å². The number of methoxy groups -OCH3 is 1. The van der Waals surface area contributed by atoms with Gasteiger partial charge in [0.1, 0.15) is 5.82 Å². The van der Waals surface area contributed by atoms with Gasteiger partial charge in [0.25, 0.3) is 5.91 Å². The van der Waals surface area contributed by atoms with Gasteiger partial charge in [0.05, 0.1) is 7.11 Å². The molecule has 0 radical (unpaired) electrons. The number of aryl methyl sites for hydroxylation is 1. The van der Waals surface area contributed by atoms with Crippen LogP contribution in [0.1, 0.15) is 23.4 Å². The number of aromatic amines is 1. The monoisotopic (exact) mass is 289 g/mol. The molecule has 0 unspecified atom stereocenters. The average Bonchev–Trinajstić information content (AvgIpc) is 2.96. The number of benzene rings is 1. The summed E-state index contributed by atoms with van der Waals surface area (Å²) in [4.78, 5) is 27.1. The largest absolute Gasteiger partial charge is 0.453 e.